The Morgan fingerprint density at radius 3 is 2.44 bits per heavy atom. The van der Waals surface area contributed by atoms with Crippen molar-refractivity contribution in [2.24, 2.45) is 0 Å². The molecule has 4 nitrogen and oxygen atoms in total. The van der Waals surface area contributed by atoms with Gasteiger partial charge in [-0.15, -0.1) is 23.1 Å². The molecule has 0 spiro atoms. The molecule has 0 atom stereocenters. The van der Waals surface area contributed by atoms with Crippen molar-refractivity contribution in [3.8, 4) is 5.75 Å². The van der Waals surface area contributed by atoms with E-state index in [0.29, 0.717) is 34.4 Å². The Morgan fingerprint density at radius 1 is 1.09 bits per heavy atom. The smallest absolute Gasteiger partial charge is 0.416 e. The predicted octanol–water partition coefficient (Wildman–Crippen LogP) is 6.44. The molecule has 0 saturated carbocycles. The summed E-state index contributed by atoms with van der Waals surface area (Å²) in [6.07, 6.45) is -3.87. The van der Waals surface area contributed by atoms with Crippen molar-refractivity contribution in [2.45, 2.75) is 42.5 Å². The van der Waals surface area contributed by atoms with E-state index in [4.69, 9.17) is 0 Å². The summed E-state index contributed by atoms with van der Waals surface area (Å²) in [5.74, 6) is 0.712. The molecule has 32 heavy (non-hydrogen) atoms. The monoisotopic (exact) mass is 503 g/mol. The molecular formula is C22H24F3NO3S3. The molecule has 1 heterocycles. The third-order valence-electron chi connectivity index (χ3n) is 5.04. The third kappa shape index (κ3) is 5.24. The van der Waals surface area contributed by atoms with Crippen LogP contribution in [0.4, 0.5) is 13.2 Å². The van der Waals surface area contributed by atoms with E-state index in [-0.39, 0.29) is 16.5 Å². The maximum atomic E-state index is 13.4. The highest BCUT2D eigenvalue weighted by Crippen LogP contribution is 2.39. The standard InChI is InChI=1S/C22H24F3NO3S3/c1-4-9-26(10-11-30-17-6-7-19(27)14(2)12-17)32(28,29)21-15(3)18-13-16(22(23,24)25)5-8-20(18)31-21/h5-8,12-13,27H,4,9-11H2,1-3H3. The van der Waals surface area contributed by atoms with Crippen molar-refractivity contribution in [3.05, 3.63) is 53.1 Å². The second-order valence-electron chi connectivity index (χ2n) is 7.42. The first kappa shape index (κ1) is 24.9. The molecule has 0 radical (unpaired) electrons. The number of halogens is 3. The first-order valence-electron chi connectivity index (χ1n) is 9.98. The summed E-state index contributed by atoms with van der Waals surface area (Å²) in [5.41, 5.74) is 0.298. The molecule has 0 aliphatic rings. The summed E-state index contributed by atoms with van der Waals surface area (Å²) in [6, 6.07) is 8.56. The number of fused-ring (bicyclic) bond motifs is 1. The number of alkyl halides is 3. The topological polar surface area (TPSA) is 57.6 Å². The van der Waals surface area contributed by atoms with E-state index in [9.17, 15) is 26.7 Å². The first-order valence-corrected chi connectivity index (χ1v) is 13.2. The van der Waals surface area contributed by atoms with E-state index in [1.165, 1.54) is 22.1 Å². The number of hydrogen-bond donors (Lipinski definition) is 1. The minimum Gasteiger partial charge on any atom is -0.508 e. The molecule has 0 aliphatic heterocycles. The highest BCUT2D eigenvalue weighted by Gasteiger charge is 2.32. The van der Waals surface area contributed by atoms with Crippen LogP contribution in [0.1, 0.15) is 30.0 Å². The van der Waals surface area contributed by atoms with Gasteiger partial charge < -0.3 is 5.11 Å². The fourth-order valence-electron chi connectivity index (χ4n) is 3.32. The third-order valence-corrected chi connectivity index (χ3v) is 9.79. The Kier molecular flexibility index (Phi) is 7.48. The van der Waals surface area contributed by atoms with Crippen LogP contribution in [0.2, 0.25) is 0 Å². The minimum absolute atomic E-state index is 0.0887. The van der Waals surface area contributed by atoms with Gasteiger partial charge in [0.2, 0.25) is 0 Å². The normalized spacial score (nSPS) is 12.7. The van der Waals surface area contributed by atoms with Gasteiger partial charge in [0.15, 0.2) is 0 Å². The lowest BCUT2D eigenvalue weighted by atomic mass is 10.1. The molecule has 1 aromatic heterocycles. The zero-order chi connectivity index (χ0) is 23.7. The molecule has 0 fully saturated rings. The highest BCUT2D eigenvalue weighted by atomic mass is 32.2. The number of phenols is 1. The van der Waals surface area contributed by atoms with Crippen molar-refractivity contribution in [2.75, 3.05) is 18.8 Å². The van der Waals surface area contributed by atoms with Gasteiger partial charge in [-0.25, -0.2) is 8.42 Å². The molecule has 0 amide bonds. The summed E-state index contributed by atoms with van der Waals surface area (Å²) in [5, 5.41) is 9.96. The van der Waals surface area contributed by atoms with Crippen LogP contribution in [-0.4, -0.2) is 36.7 Å². The number of thiophene rings is 1. The fourth-order valence-corrected chi connectivity index (χ4v) is 7.82. The van der Waals surface area contributed by atoms with Crippen molar-refractivity contribution in [3.63, 3.8) is 0 Å². The summed E-state index contributed by atoms with van der Waals surface area (Å²) < 4.78 is 68.1. The number of aromatic hydroxyl groups is 1. The van der Waals surface area contributed by atoms with Crippen molar-refractivity contribution < 1.29 is 26.7 Å². The summed E-state index contributed by atoms with van der Waals surface area (Å²) in [7, 11) is -3.86. The van der Waals surface area contributed by atoms with Gasteiger partial charge in [0.05, 0.1) is 5.56 Å². The number of rotatable bonds is 8. The van der Waals surface area contributed by atoms with Crippen molar-refractivity contribution in [1.29, 1.82) is 0 Å². The molecule has 0 bridgehead atoms. The zero-order valence-corrected chi connectivity index (χ0v) is 20.3. The lowest BCUT2D eigenvalue weighted by Gasteiger charge is -2.21. The van der Waals surface area contributed by atoms with Crippen LogP contribution in [0.25, 0.3) is 10.1 Å². The SMILES string of the molecule is CCCN(CCSc1ccc(O)c(C)c1)S(=O)(=O)c1sc2ccc(C(F)(F)F)cc2c1C. The lowest BCUT2D eigenvalue weighted by molar-refractivity contribution is -0.137. The number of thioether (sulfide) groups is 1. The molecule has 0 saturated heterocycles. The highest BCUT2D eigenvalue weighted by molar-refractivity contribution is 7.99. The van der Waals surface area contributed by atoms with Crippen molar-refractivity contribution >= 4 is 43.2 Å². The Hall–Kier alpha value is -1.75. The van der Waals surface area contributed by atoms with E-state index in [1.54, 1.807) is 26.0 Å². The van der Waals surface area contributed by atoms with E-state index in [0.717, 1.165) is 33.9 Å². The Morgan fingerprint density at radius 2 is 1.81 bits per heavy atom. The van der Waals surface area contributed by atoms with Gasteiger partial charge in [-0.3, -0.25) is 0 Å². The van der Waals surface area contributed by atoms with E-state index in [1.807, 2.05) is 13.0 Å². The maximum absolute atomic E-state index is 13.4. The average molecular weight is 504 g/mol. The molecule has 0 unspecified atom stereocenters. The second kappa shape index (κ2) is 9.62. The fraction of sp³-hybridized carbons (Fsp3) is 0.364. The van der Waals surface area contributed by atoms with Crippen LogP contribution in [0.15, 0.2) is 45.5 Å². The molecule has 1 N–H and O–H groups in total. The quantitative estimate of drug-likeness (QED) is 0.360. The van der Waals surface area contributed by atoms with Gasteiger partial charge in [-0.1, -0.05) is 6.92 Å². The molecule has 174 valence electrons. The van der Waals surface area contributed by atoms with Crippen LogP contribution in [0.3, 0.4) is 0 Å². The number of phenolic OH excluding ortho intramolecular Hbond substituents is 1. The molecule has 10 heteroatoms. The van der Waals surface area contributed by atoms with Crippen LogP contribution >= 0.6 is 23.1 Å². The predicted molar refractivity (Wildman–Crippen MR) is 124 cm³/mol. The van der Waals surface area contributed by atoms with Crippen LogP contribution < -0.4 is 0 Å². The Labute approximate surface area is 194 Å². The van der Waals surface area contributed by atoms with Gasteiger partial charge in [-0.2, -0.15) is 17.5 Å². The number of aryl methyl sites for hydroxylation is 2. The average Bonchev–Trinajstić information content (AvgIpc) is 3.06. The summed E-state index contributed by atoms with van der Waals surface area (Å²) in [6.45, 7) is 5.82. The molecule has 3 rings (SSSR count). The van der Waals surface area contributed by atoms with Crippen LogP contribution in [0, 0.1) is 13.8 Å². The molecular weight excluding hydrogens is 479 g/mol. The summed E-state index contributed by atoms with van der Waals surface area (Å²) in [4.78, 5) is 0.923. The van der Waals surface area contributed by atoms with Gasteiger partial charge in [0.25, 0.3) is 10.0 Å². The summed E-state index contributed by atoms with van der Waals surface area (Å²) >= 11 is 2.49. The minimum atomic E-state index is -4.49. The van der Waals surface area contributed by atoms with Gasteiger partial charge in [-0.05, 0) is 73.2 Å². The number of nitrogens with zero attached hydrogens (tertiary/aromatic N) is 1. The van der Waals surface area contributed by atoms with Gasteiger partial charge >= 0.3 is 6.18 Å². The largest absolute Gasteiger partial charge is 0.508 e. The second-order valence-corrected chi connectivity index (χ2v) is 11.8. The van der Waals surface area contributed by atoms with Crippen LogP contribution in [-0.2, 0) is 16.2 Å². The first-order chi connectivity index (χ1) is 14.9. The molecule has 0 aliphatic carbocycles. The lowest BCUT2D eigenvalue weighted by Crippen LogP contribution is -2.33. The van der Waals surface area contributed by atoms with Gasteiger partial charge in [0.1, 0.15) is 9.96 Å². The number of hydrogen-bond acceptors (Lipinski definition) is 5. The number of benzene rings is 2. The molecule has 3 aromatic rings. The van der Waals surface area contributed by atoms with E-state index < -0.39 is 21.8 Å². The van der Waals surface area contributed by atoms with Crippen molar-refractivity contribution in [1.82, 2.24) is 4.31 Å². The van der Waals surface area contributed by atoms with Crippen LogP contribution in [0.5, 0.6) is 5.75 Å². The zero-order valence-electron chi connectivity index (χ0n) is 17.9. The number of sulfonamides is 1. The Bertz CT molecular complexity index is 1220. The molecule has 2 aromatic carbocycles. The van der Waals surface area contributed by atoms with E-state index in [2.05, 4.69) is 0 Å². The Balaban J connectivity index is 1.86. The van der Waals surface area contributed by atoms with Gasteiger partial charge in [0, 0.05) is 28.4 Å². The maximum Gasteiger partial charge on any atom is 0.416 e. The van der Waals surface area contributed by atoms with E-state index >= 15 is 0 Å².